The summed E-state index contributed by atoms with van der Waals surface area (Å²) in [6.07, 6.45) is 2.62. The summed E-state index contributed by atoms with van der Waals surface area (Å²) in [4.78, 5) is 23.9. The van der Waals surface area contributed by atoms with Crippen LogP contribution < -0.4 is 5.32 Å². The number of aliphatic carboxylic acids is 1. The number of carbonyl (C=O) groups excluding carboxylic acids is 1. The zero-order valence-corrected chi connectivity index (χ0v) is 12.8. The van der Waals surface area contributed by atoms with Crippen molar-refractivity contribution in [2.75, 3.05) is 11.5 Å². The van der Waals surface area contributed by atoms with Gasteiger partial charge in [0.05, 0.1) is 11.7 Å². The topological polar surface area (TPSA) is 84.2 Å². The van der Waals surface area contributed by atoms with Gasteiger partial charge in [0.1, 0.15) is 12.1 Å². The Morgan fingerprint density at radius 2 is 2.05 bits per heavy atom. The Morgan fingerprint density at radius 1 is 1.32 bits per heavy atom. The summed E-state index contributed by atoms with van der Waals surface area (Å²) in [5.41, 5.74) is -0.271. The number of carboxylic acids is 1. The Labute approximate surface area is 131 Å². The maximum absolute atomic E-state index is 12.3. The molecule has 1 aromatic carbocycles. The van der Waals surface area contributed by atoms with E-state index in [9.17, 15) is 14.7 Å². The van der Waals surface area contributed by atoms with E-state index < -0.39 is 11.5 Å². The first-order valence-corrected chi connectivity index (χ1v) is 8.29. The number of hydrogen-bond donors (Lipinski definition) is 2. The van der Waals surface area contributed by atoms with Crippen molar-refractivity contribution in [1.82, 2.24) is 15.1 Å². The van der Waals surface area contributed by atoms with E-state index in [-0.39, 0.29) is 12.5 Å². The standard InChI is InChI=1S/C15H17N3O3S/c19-13(17-15(14(20)21)5-7-22-8-6-15)10-18-12-4-2-1-3-11(12)9-16-18/h1-4,9H,5-8,10H2,(H,17,19)(H,20,21). The summed E-state index contributed by atoms with van der Waals surface area (Å²) in [6, 6.07) is 7.61. The fourth-order valence-electron chi connectivity index (χ4n) is 2.71. The van der Waals surface area contributed by atoms with Gasteiger partial charge in [0.2, 0.25) is 5.91 Å². The molecule has 0 spiro atoms. The molecule has 1 amide bonds. The largest absolute Gasteiger partial charge is 0.480 e. The minimum absolute atomic E-state index is 0.0235. The predicted octanol–water partition coefficient (Wildman–Crippen LogP) is 1.50. The summed E-state index contributed by atoms with van der Waals surface area (Å²) in [6.45, 7) is 0.0235. The van der Waals surface area contributed by atoms with Gasteiger partial charge >= 0.3 is 5.97 Å². The molecule has 116 valence electrons. The van der Waals surface area contributed by atoms with Crippen molar-refractivity contribution < 1.29 is 14.7 Å². The first kappa shape index (κ1) is 14.9. The SMILES string of the molecule is O=C(Cn1ncc2ccccc21)NC1(C(=O)O)CCSCC1. The van der Waals surface area contributed by atoms with Crippen molar-refractivity contribution in [2.45, 2.75) is 24.9 Å². The Kier molecular flexibility index (Phi) is 4.06. The summed E-state index contributed by atoms with van der Waals surface area (Å²) in [5, 5.41) is 17.4. The molecular weight excluding hydrogens is 302 g/mol. The van der Waals surface area contributed by atoms with Crippen LogP contribution in [0, 0.1) is 0 Å². The van der Waals surface area contributed by atoms with Crippen LogP contribution in [0.25, 0.3) is 10.9 Å². The molecular formula is C15H17N3O3S. The fourth-order valence-corrected chi connectivity index (χ4v) is 3.90. The molecule has 0 radical (unpaired) electrons. The molecule has 1 fully saturated rings. The average molecular weight is 319 g/mol. The van der Waals surface area contributed by atoms with Crippen LogP contribution in [0.2, 0.25) is 0 Å². The van der Waals surface area contributed by atoms with Gasteiger partial charge in [-0.1, -0.05) is 18.2 Å². The fraction of sp³-hybridized carbons (Fsp3) is 0.400. The number of aromatic nitrogens is 2. The van der Waals surface area contributed by atoms with Gasteiger partial charge in [0.25, 0.3) is 0 Å². The molecule has 2 aromatic rings. The van der Waals surface area contributed by atoms with E-state index in [4.69, 9.17) is 0 Å². The molecule has 0 saturated carbocycles. The van der Waals surface area contributed by atoms with Gasteiger partial charge in [-0.3, -0.25) is 9.48 Å². The van der Waals surface area contributed by atoms with E-state index in [1.807, 2.05) is 24.3 Å². The van der Waals surface area contributed by atoms with Gasteiger partial charge in [0.15, 0.2) is 0 Å². The third-order valence-electron chi connectivity index (χ3n) is 3.98. The molecule has 6 nitrogen and oxygen atoms in total. The summed E-state index contributed by atoms with van der Waals surface area (Å²) < 4.78 is 1.60. The van der Waals surface area contributed by atoms with Gasteiger partial charge in [-0.2, -0.15) is 16.9 Å². The van der Waals surface area contributed by atoms with Crippen molar-refractivity contribution in [3.8, 4) is 0 Å². The number of hydrogen-bond acceptors (Lipinski definition) is 4. The van der Waals surface area contributed by atoms with Crippen molar-refractivity contribution in [1.29, 1.82) is 0 Å². The molecule has 1 aliphatic heterocycles. The van der Waals surface area contributed by atoms with Crippen LogP contribution in [0.3, 0.4) is 0 Å². The van der Waals surface area contributed by atoms with Gasteiger partial charge in [-0.25, -0.2) is 4.79 Å². The average Bonchev–Trinajstić information content (AvgIpc) is 2.91. The first-order valence-electron chi connectivity index (χ1n) is 7.13. The van der Waals surface area contributed by atoms with Crippen molar-refractivity contribution in [3.05, 3.63) is 30.5 Å². The van der Waals surface area contributed by atoms with Crippen molar-refractivity contribution in [3.63, 3.8) is 0 Å². The molecule has 3 rings (SSSR count). The molecule has 1 saturated heterocycles. The molecule has 7 heteroatoms. The third kappa shape index (κ3) is 2.81. The molecule has 2 heterocycles. The monoisotopic (exact) mass is 319 g/mol. The Bertz CT molecular complexity index is 707. The van der Waals surface area contributed by atoms with Crippen LogP contribution in [0.4, 0.5) is 0 Å². The highest BCUT2D eigenvalue weighted by Crippen LogP contribution is 2.27. The van der Waals surface area contributed by atoms with Crippen LogP contribution in [-0.2, 0) is 16.1 Å². The zero-order chi connectivity index (χ0) is 15.6. The van der Waals surface area contributed by atoms with E-state index >= 15 is 0 Å². The summed E-state index contributed by atoms with van der Waals surface area (Å²) >= 11 is 1.72. The highest BCUT2D eigenvalue weighted by atomic mass is 32.2. The number of amides is 1. The van der Waals surface area contributed by atoms with E-state index in [0.717, 1.165) is 22.4 Å². The molecule has 0 unspecified atom stereocenters. The molecule has 1 aromatic heterocycles. The second kappa shape index (κ2) is 6.00. The van der Waals surface area contributed by atoms with Crippen molar-refractivity contribution in [2.24, 2.45) is 0 Å². The number of rotatable bonds is 4. The van der Waals surface area contributed by atoms with E-state index in [2.05, 4.69) is 10.4 Å². The molecule has 0 atom stereocenters. The summed E-state index contributed by atoms with van der Waals surface area (Å²) in [5.74, 6) is 0.226. The van der Waals surface area contributed by atoms with Gasteiger partial charge < -0.3 is 10.4 Å². The lowest BCUT2D eigenvalue weighted by atomic mass is 9.92. The summed E-state index contributed by atoms with van der Waals surface area (Å²) in [7, 11) is 0. The maximum atomic E-state index is 12.3. The number of carboxylic acid groups (broad SMARTS) is 1. The quantitative estimate of drug-likeness (QED) is 0.892. The van der Waals surface area contributed by atoms with Crippen LogP contribution in [0.5, 0.6) is 0 Å². The van der Waals surface area contributed by atoms with Gasteiger partial charge in [0, 0.05) is 5.39 Å². The lowest BCUT2D eigenvalue weighted by Gasteiger charge is -2.33. The number of benzene rings is 1. The second-order valence-electron chi connectivity index (χ2n) is 5.41. The van der Waals surface area contributed by atoms with Crippen LogP contribution in [-0.4, -0.2) is 43.8 Å². The number of carbonyl (C=O) groups is 2. The Balaban J connectivity index is 1.75. The van der Waals surface area contributed by atoms with E-state index in [1.165, 1.54) is 0 Å². The molecule has 2 N–H and O–H groups in total. The number of fused-ring (bicyclic) bond motifs is 1. The predicted molar refractivity (Wildman–Crippen MR) is 84.8 cm³/mol. The number of para-hydroxylation sites is 1. The van der Waals surface area contributed by atoms with E-state index in [1.54, 1.807) is 22.6 Å². The second-order valence-corrected chi connectivity index (χ2v) is 6.63. The van der Waals surface area contributed by atoms with Crippen LogP contribution in [0.15, 0.2) is 30.5 Å². The molecule has 22 heavy (non-hydrogen) atoms. The van der Waals surface area contributed by atoms with Crippen molar-refractivity contribution >= 4 is 34.5 Å². The van der Waals surface area contributed by atoms with Gasteiger partial charge in [-0.05, 0) is 30.4 Å². The van der Waals surface area contributed by atoms with Crippen LogP contribution >= 0.6 is 11.8 Å². The molecule has 0 aliphatic carbocycles. The lowest BCUT2D eigenvalue weighted by molar-refractivity contribution is -0.148. The highest BCUT2D eigenvalue weighted by Gasteiger charge is 2.41. The van der Waals surface area contributed by atoms with Gasteiger partial charge in [-0.15, -0.1) is 0 Å². The number of thioether (sulfide) groups is 1. The lowest BCUT2D eigenvalue weighted by Crippen LogP contribution is -2.57. The zero-order valence-electron chi connectivity index (χ0n) is 12.0. The normalized spacial score (nSPS) is 17.3. The minimum atomic E-state index is -1.13. The highest BCUT2D eigenvalue weighted by molar-refractivity contribution is 7.99. The van der Waals surface area contributed by atoms with E-state index in [0.29, 0.717) is 12.8 Å². The Hall–Kier alpha value is -2.02. The minimum Gasteiger partial charge on any atom is -0.480 e. The smallest absolute Gasteiger partial charge is 0.329 e. The van der Waals surface area contributed by atoms with Crippen LogP contribution in [0.1, 0.15) is 12.8 Å². The molecule has 1 aliphatic rings. The number of nitrogens with one attached hydrogen (secondary N) is 1. The first-order chi connectivity index (χ1) is 10.6. The molecule has 0 bridgehead atoms. The Morgan fingerprint density at radius 3 is 2.77 bits per heavy atom. The maximum Gasteiger partial charge on any atom is 0.329 e. The number of nitrogens with zero attached hydrogens (tertiary/aromatic N) is 2. The third-order valence-corrected chi connectivity index (χ3v) is 4.96.